The van der Waals surface area contributed by atoms with Gasteiger partial charge in [0.05, 0.1) is 34.3 Å². The third-order valence-electron chi connectivity index (χ3n) is 6.46. The van der Waals surface area contributed by atoms with Crippen molar-refractivity contribution in [2.45, 2.75) is 40.3 Å². The molecule has 1 aromatic carbocycles. The molecule has 3 heterocycles. The molecule has 1 saturated heterocycles. The second-order valence-electron chi connectivity index (χ2n) is 10.3. The number of fused-ring (bicyclic) bond motifs is 1. The van der Waals surface area contributed by atoms with E-state index in [9.17, 15) is 18.5 Å². The van der Waals surface area contributed by atoms with E-state index in [0.717, 1.165) is 11.1 Å². The fraction of sp³-hybridized carbons (Fsp3) is 0.480. The van der Waals surface area contributed by atoms with E-state index >= 15 is 0 Å². The number of benzene rings is 1. The van der Waals surface area contributed by atoms with Crippen LogP contribution >= 0.6 is 0 Å². The molecule has 0 bridgehead atoms. The molecule has 0 spiro atoms. The molecule has 1 aliphatic heterocycles. The minimum absolute atomic E-state index is 0.00273. The van der Waals surface area contributed by atoms with Gasteiger partial charge in [0.1, 0.15) is 0 Å². The van der Waals surface area contributed by atoms with Gasteiger partial charge in [0.15, 0.2) is 15.5 Å². The monoisotopic (exact) mass is 481 g/mol. The number of hydrogen-bond acceptors (Lipinski definition) is 6. The molecule has 2 aromatic heterocycles. The van der Waals surface area contributed by atoms with Crippen LogP contribution in [0.5, 0.6) is 0 Å². The number of nitriles is 1. The van der Waals surface area contributed by atoms with E-state index in [-0.39, 0.29) is 28.7 Å². The van der Waals surface area contributed by atoms with Crippen LogP contribution in [0.25, 0.3) is 22.4 Å². The van der Waals surface area contributed by atoms with Gasteiger partial charge in [-0.25, -0.2) is 18.2 Å². The molecular weight excluding hydrogens is 450 g/mol. The lowest BCUT2D eigenvalue weighted by Gasteiger charge is -2.32. The first-order valence-corrected chi connectivity index (χ1v) is 13.3. The summed E-state index contributed by atoms with van der Waals surface area (Å²) in [5.74, 6) is 0.330. The van der Waals surface area contributed by atoms with Crippen LogP contribution in [0, 0.1) is 16.7 Å². The molecule has 0 aliphatic carbocycles. The lowest BCUT2D eigenvalue weighted by molar-refractivity contribution is 0.229. The number of rotatable bonds is 4. The lowest BCUT2D eigenvalue weighted by atomic mass is 9.96. The predicted octanol–water partition coefficient (Wildman–Crippen LogP) is 3.11. The Morgan fingerprint density at radius 1 is 1.15 bits per heavy atom. The zero-order valence-corrected chi connectivity index (χ0v) is 21.2. The molecule has 9 heteroatoms. The third kappa shape index (κ3) is 4.65. The first-order valence-electron chi connectivity index (χ1n) is 11.5. The van der Waals surface area contributed by atoms with Crippen molar-refractivity contribution in [3.63, 3.8) is 0 Å². The molecule has 3 aromatic rings. The van der Waals surface area contributed by atoms with Crippen LogP contribution in [-0.4, -0.2) is 52.0 Å². The van der Waals surface area contributed by atoms with Crippen molar-refractivity contribution < 1.29 is 8.42 Å². The molecule has 0 unspecified atom stereocenters. The van der Waals surface area contributed by atoms with E-state index in [1.54, 1.807) is 22.2 Å². The Morgan fingerprint density at radius 3 is 2.44 bits per heavy atom. The van der Waals surface area contributed by atoms with Crippen LogP contribution in [0.2, 0.25) is 0 Å². The van der Waals surface area contributed by atoms with Gasteiger partial charge in [-0.3, -0.25) is 14.0 Å². The molecular formula is C25H31N5O3S. The highest BCUT2D eigenvalue weighted by molar-refractivity contribution is 7.91. The molecule has 1 atom stereocenters. The second-order valence-corrected chi connectivity index (χ2v) is 12.6. The lowest BCUT2D eigenvalue weighted by Crippen LogP contribution is -2.41. The molecule has 0 N–H and O–H groups in total. The second kappa shape index (κ2) is 8.67. The van der Waals surface area contributed by atoms with Crippen molar-refractivity contribution >= 4 is 21.0 Å². The Bertz CT molecular complexity index is 1440. The van der Waals surface area contributed by atoms with Gasteiger partial charge in [-0.15, -0.1) is 0 Å². The summed E-state index contributed by atoms with van der Waals surface area (Å²) < 4.78 is 26.9. The fourth-order valence-corrected chi connectivity index (χ4v) is 5.74. The first kappa shape index (κ1) is 24.2. The molecule has 4 rings (SSSR count). The van der Waals surface area contributed by atoms with E-state index in [1.807, 2.05) is 24.3 Å². The minimum atomic E-state index is -2.96. The number of hydrogen-bond donors (Lipinski definition) is 0. The van der Waals surface area contributed by atoms with Crippen molar-refractivity contribution in [1.29, 1.82) is 5.26 Å². The Hall–Kier alpha value is -2.96. The smallest absolute Gasteiger partial charge is 0.295 e. The molecule has 8 nitrogen and oxygen atoms in total. The molecule has 34 heavy (non-hydrogen) atoms. The van der Waals surface area contributed by atoms with Crippen molar-refractivity contribution in [3.05, 3.63) is 51.9 Å². The van der Waals surface area contributed by atoms with E-state index < -0.39 is 9.84 Å². The zero-order valence-electron chi connectivity index (χ0n) is 20.4. The van der Waals surface area contributed by atoms with E-state index in [2.05, 4.69) is 38.7 Å². The van der Waals surface area contributed by atoms with Crippen LogP contribution in [-0.2, 0) is 23.4 Å². The first-order chi connectivity index (χ1) is 15.9. The Balaban J connectivity index is 1.75. The molecule has 1 aliphatic rings. The number of aromatic nitrogens is 3. The summed E-state index contributed by atoms with van der Waals surface area (Å²) in [7, 11) is -1.24. The summed E-state index contributed by atoms with van der Waals surface area (Å²) in [6.07, 6.45) is 0. The van der Waals surface area contributed by atoms with Crippen molar-refractivity contribution in [2.75, 3.05) is 24.6 Å². The predicted molar refractivity (Wildman–Crippen MR) is 133 cm³/mol. The summed E-state index contributed by atoms with van der Waals surface area (Å²) in [5, 5.41) is 9.75. The molecule has 0 radical (unpaired) electrons. The van der Waals surface area contributed by atoms with Crippen LogP contribution in [0.4, 0.5) is 0 Å². The zero-order chi connectivity index (χ0) is 24.8. The largest absolute Gasteiger partial charge is 0.330 e. The highest BCUT2D eigenvalue weighted by atomic mass is 32.2. The summed E-state index contributed by atoms with van der Waals surface area (Å²) in [6.45, 7) is 9.87. The van der Waals surface area contributed by atoms with Crippen LogP contribution in [0.3, 0.4) is 0 Å². The van der Waals surface area contributed by atoms with E-state index in [0.29, 0.717) is 42.1 Å². The van der Waals surface area contributed by atoms with Crippen LogP contribution in [0.1, 0.15) is 44.9 Å². The highest BCUT2D eigenvalue weighted by Gasteiger charge is 2.26. The van der Waals surface area contributed by atoms with Crippen molar-refractivity contribution in [3.8, 4) is 17.3 Å². The Labute approximate surface area is 200 Å². The van der Waals surface area contributed by atoms with Gasteiger partial charge in [0.25, 0.3) is 0 Å². The van der Waals surface area contributed by atoms with Gasteiger partial charge >= 0.3 is 5.69 Å². The summed E-state index contributed by atoms with van der Waals surface area (Å²) in [4.78, 5) is 19.8. The van der Waals surface area contributed by atoms with E-state index in [4.69, 9.17) is 4.98 Å². The van der Waals surface area contributed by atoms with Gasteiger partial charge in [-0.2, -0.15) is 5.26 Å². The number of imidazole rings is 1. The quantitative estimate of drug-likeness (QED) is 0.568. The number of pyridine rings is 1. The standard InChI is InChI=1S/C25H31N5O3S/c1-17(29-10-12-34(32,33)13-11-29)18-6-7-19(15-26)20(14-18)21-8-9-22-23(27-21)28(5)24(31)30(22)16-25(2,3)4/h6-9,14,17H,10-13,16H2,1-5H3/t17-/m1/s1. The SMILES string of the molecule is C[C@H](c1ccc(C#N)c(-c2ccc3c(n2)n(C)c(=O)n3CC(C)(C)C)c1)N1CCS(=O)(=O)CC1. The number of sulfone groups is 1. The maximum atomic E-state index is 12.9. The third-order valence-corrected chi connectivity index (χ3v) is 8.07. The fourth-order valence-electron chi connectivity index (χ4n) is 4.51. The molecule has 1 fully saturated rings. The Kier molecular flexibility index (Phi) is 6.17. The van der Waals surface area contributed by atoms with Crippen LogP contribution in [0.15, 0.2) is 35.1 Å². The van der Waals surface area contributed by atoms with E-state index in [1.165, 1.54) is 0 Å². The topological polar surface area (TPSA) is 101 Å². The summed E-state index contributed by atoms with van der Waals surface area (Å²) in [5.41, 5.74) is 3.99. The highest BCUT2D eigenvalue weighted by Crippen LogP contribution is 2.30. The summed E-state index contributed by atoms with van der Waals surface area (Å²) >= 11 is 0. The van der Waals surface area contributed by atoms with Gasteiger partial charge in [0, 0.05) is 38.3 Å². The van der Waals surface area contributed by atoms with Crippen molar-refractivity contribution in [2.24, 2.45) is 12.5 Å². The van der Waals surface area contributed by atoms with Gasteiger partial charge in [0.2, 0.25) is 0 Å². The minimum Gasteiger partial charge on any atom is -0.295 e. The molecule has 0 amide bonds. The van der Waals surface area contributed by atoms with Gasteiger partial charge in [-0.05, 0) is 42.2 Å². The maximum Gasteiger partial charge on any atom is 0.330 e. The van der Waals surface area contributed by atoms with Crippen molar-refractivity contribution in [1.82, 2.24) is 19.0 Å². The van der Waals surface area contributed by atoms with Crippen LogP contribution < -0.4 is 5.69 Å². The van der Waals surface area contributed by atoms with Gasteiger partial charge in [-0.1, -0.05) is 26.8 Å². The molecule has 180 valence electrons. The number of nitrogens with zero attached hydrogens (tertiary/aromatic N) is 5. The van der Waals surface area contributed by atoms with Gasteiger partial charge < -0.3 is 0 Å². The number of aryl methyl sites for hydroxylation is 1. The average molecular weight is 482 g/mol. The maximum absolute atomic E-state index is 12.9. The molecule has 0 saturated carbocycles. The summed E-state index contributed by atoms with van der Waals surface area (Å²) in [6, 6.07) is 11.7. The normalized spacial score (nSPS) is 17.5. The average Bonchev–Trinajstić information content (AvgIpc) is 3.01. The Morgan fingerprint density at radius 2 is 1.82 bits per heavy atom.